The summed E-state index contributed by atoms with van der Waals surface area (Å²) in [5, 5.41) is 0. The number of H-pyrrole nitrogens is 1. The van der Waals surface area contributed by atoms with Crippen molar-refractivity contribution in [2.45, 2.75) is 32.7 Å². The molecule has 2 aliphatic rings. The number of aromatic amines is 1. The second kappa shape index (κ2) is 8.00. The van der Waals surface area contributed by atoms with Crippen molar-refractivity contribution in [3.05, 3.63) is 45.9 Å². The van der Waals surface area contributed by atoms with Crippen LogP contribution in [-0.4, -0.2) is 47.8 Å². The lowest BCUT2D eigenvalue weighted by Gasteiger charge is -2.35. The topological polar surface area (TPSA) is 70.7 Å². The minimum atomic E-state index is -0.0612. The maximum atomic E-state index is 12.0. The number of aromatic nitrogens is 2. The number of aryl methyl sites for hydroxylation is 1. The van der Waals surface area contributed by atoms with E-state index >= 15 is 0 Å². The largest absolute Gasteiger partial charge is 0.454 e. The summed E-state index contributed by atoms with van der Waals surface area (Å²) < 4.78 is 10.8. The molecule has 1 aromatic heterocycles. The number of anilines is 1. The number of unbranched alkanes of at least 4 members (excludes halogenated alkanes) is 1. The van der Waals surface area contributed by atoms with Crippen LogP contribution in [0.2, 0.25) is 0 Å². The smallest absolute Gasteiger partial charge is 0.252 e. The molecule has 0 atom stereocenters. The minimum absolute atomic E-state index is 0.0612. The third-order valence-electron chi connectivity index (χ3n) is 5.08. The first-order valence-electron chi connectivity index (χ1n) is 9.67. The average Bonchev–Trinajstić information content (AvgIpc) is 3.14. The number of rotatable bonds is 6. The van der Waals surface area contributed by atoms with Gasteiger partial charge in [-0.15, -0.1) is 0 Å². The Morgan fingerprint density at radius 1 is 1.11 bits per heavy atom. The molecule has 3 heterocycles. The summed E-state index contributed by atoms with van der Waals surface area (Å²) in [5.41, 5.74) is 2.05. The molecule has 0 amide bonds. The Labute approximate surface area is 158 Å². The Bertz CT molecular complexity index is 843. The van der Waals surface area contributed by atoms with Crippen molar-refractivity contribution in [1.29, 1.82) is 0 Å². The molecule has 1 aromatic carbocycles. The van der Waals surface area contributed by atoms with Gasteiger partial charge in [0, 0.05) is 44.5 Å². The van der Waals surface area contributed by atoms with Crippen LogP contribution in [0.5, 0.6) is 11.5 Å². The lowest BCUT2D eigenvalue weighted by Crippen LogP contribution is -2.47. The maximum absolute atomic E-state index is 12.0. The van der Waals surface area contributed by atoms with E-state index in [4.69, 9.17) is 9.47 Å². The molecule has 7 heteroatoms. The van der Waals surface area contributed by atoms with Crippen LogP contribution in [0.25, 0.3) is 0 Å². The first-order valence-corrected chi connectivity index (χ1v) is 9.67. The van der Waals surface area contributed by atoms with E-state index in [9.17, 15) is 4.79 Å². The quantitative estimate of drug-likeness (QED) is 0.840. The predicted molar refractivity (Wildman–Crippen MR) is 104 cm³/mol. The van der Waals surface area contributed by atoms with Gasteiger partial charge in [-0.1, -0.05) is 19.4 Å². The Morgan fingerprint density at radius 3 is 2.74 bits per heavy atom. The molecule has 2 aliphatic heterocycles. The fourth-order valence-corrected chi connectivity index (χ4v) is 3.54. The van der Waals surface area contributed by atoms with E-state index in [1.165, 1.54) is 5.56 Å². The lowest BCUT2D eigenvalue weighted by molar-refractivity contribution is 0.174. The lowest BCUT2D eigenvalue weighted by atomic mass is 10.1. The first kappa shape index (κ1) is 17.9. The highest BCUT2D eigenvalue weighted by Crippen LogP contribution is 2.32. The third kappa shape index (κ3) is 4.24. The zero-order chi connectivity index (χ0) is 18.6. The van der Waals surface area contributed by atoms with Crippen LogP contribution in [-0.2, 0) is 13.0 Å². The monoisotopic (exact) mass is 370 g/mol. The van der Waals surface area contributed by atoms with Crippen LogP contribution in [0, 0.1) is 0 Å². The van der Waals surface area contributed by atoms with E-state index in [1.54, 1.807) is 6.07 Å². The van der Waals surface area contributed by atoms with Crippen LogP contribution in [0.4, 0.5) is 5.95 Å². The number of piperazine rings is 1. The van der Waals surface area contributed by atoms with Crippen LogP contribution >= 0.6 is 0 Å². The van der Waals surface area contributed by atoms with Crippen molar-refractivity contribution in [3.8, 4) is 11.5 Å². The summed E-state index contributed by atoms with van der Waals surface area (Å²) in [6.45, 7) is 6.89. The van der Waals surface area contributed by atoms with Gasteiger partial charge in [0.05, 0.1) is 0 Å². The molecule has 4 rings (SSSR count). The van der Waals surface area contributed by atoms with Crippen molar-refractivity contribution in [1.82, 2.24) is 14.9 Å². The van der Waals surface area contributed by atoms with Gasteiger partial charge in [0.15, 0.2) is 11.5 Å². The molecule has 144 valence electrons. The highest BCUT2D eigenvalue weighted by Gasteiger charge is 2.20. The molecule has 0 spiro atoms. The molecule has 1 N–H and O–H groups in total. The van der Waals surface area contributed by atoms with Gasteiger partial charge in [-0.05, 0) is 30.5 Å². The molecular formula is C20H26N4O3. The second-order valence-electron chi connectivity index (χ2n) is 7.11. The normalized spacial score (nSPS) is 16.7. The molecule has 1 saturated heterocycles. The summed E-state index contributed by atoms with van der Waals surface area (Å²) in [6.07, 6.45) is 3.01. The van der Waals surface area contributed by atoms with Crippen LogP contribution in [0.1, 0.15) is 31.0 Å². The minimum Gasteiger partial charge on any atom is -0.454 e. The third-order valence-corrected chi connectivity index (χ3v) is 5.08. The number of nitrogens with one attached hydrogen (secondary N) is 1. The van der Waals surface area contributed by atoms with Gasteiger partial charge in [0.2, 0.25) is 12.7 Å². The van der Waals surface area contributed by atoms with E-state index in [-0.39, 0.29) is 5.56 Å². The van der Waals surface area contributed by atoms with Gasteiger partial charge >= 0.3 is 0 Å². The zero-order valence-electron chi connectivity index (χ0n) is 15.7. The molecule has 0 aliphatic carbocycles. The Hall–Kier alpha value is -2.54. The molecule has 0 radical (unpaired) electrons. The zero-order valence-corrected chi connectivity index (χ0v) is 15.7. The van der Waals surface area contributed by atoms with Crippen LogP contribution in [0.15, 0.2) is 29.1 Å². The van der Waals surface area contributed by atoms with Crippen molar-refractivity contribution >= 4 is 5.95 Å². The van der Waals surface area contributed by atoms with Gasteiger partial charge in [-0.3, -0.25) is 14.7 Å². The van der Waals surface area contributed by atoms with Crippen molar-refractivity contribution in [3.63, 3.8) is 0 Å². The molecule has 0 saturated carbocycles. The SMILES string of the molecule is CCCCc1cc(=O)[nH]c(N2CCN(Cc3ccc4c(c3)OCO4)CC2)n1. The molecular weight excluding hydrogens is 344 g/mol. The highest BCUT2D eigenvalue weighted by atomic mass is 16.7. The molecule has 2 aromatic rings. The van der Waals surface area contributed by atoms with E-state index in [0.29, 0.717) is 12.7 Å². The summed E-state index contributed by atoms with van der Waals surface area (Å²) in [6, 6.07) is 7.75. The second-order valence-corrected chi connectivity index (χ2v) is 7.11. The van der Waals surface area contributed by atoms with Crippen molar-refractivity contribution in [2.75, 3.05) is 37.9 Å². The van der Waals surface area contributed by atoms with Gasteiger partial charge < -0.3 is 14.4 Å². The molecule has 27 heavy (non-hydrogen) atoms. The van der Waals surface area contributed by atoms with Gasteiger partial charge in [-0.25, -0.2) is 4.98 Å². The number of nitrogens with zero attached hydrogens (tertiary/aromatic N) is 3. The van der Waals surface area contributed by atoms with E-state index < -0.39 is 0 Å². The van der Waals surface area contributed by atoms with Crippen LogP contribution in [0.3, 0.4) is 0 Å². The number of benzene rings is 1. The first-order chi connectivity index (χ1) is 13.2. The summed E-state index contributed by atoms with van der Waals surface area (Å²) in [5.74, 6) is 2.36. The van der Waals surface area contributed by atoms with E-state index in [1.807, 2.05) is 6.07 Å². The van der Waals surface area contributed by atoms with Crippen LogP contribution < -0.4 is 19.9 Å². The fraction of sp³-hybridized carbons (Fsp3) is 0.500. The Balaban J connectivity index is 1.36. The number of ether oxygens (including phenoxy) is 2. The average molecular weight is 370 g/mol. The van der Waals surface area contributed by atoms with Gasteiger partial charge in [0.1, 0.15) is 0 Å². The standard InChI is InChI=1S/C20H26N4O3/c1-2-3-4-16-12-19(25)22-20(21-16)24-9-7-23(8-10-24)13-15-5-6-17-18(11-15)27-14-26-17/h5-6,11-12H,2-4,7-10,13-14H2,1H3,(H,21,22,25). The number of hydrogen-bond acceptors (Lipinski definition) is 6. The fourth-order valence-electron chi connectivity index (χ4n) is 3.54. The van der Waals surface area contributed by atoms with Crippen molar-refractivity contribution < 1.29 is 9.47 Å². The maximum Gasteiger partial charge on any atom is 0.252 e. The van der Waals surface area contributed by atoms with E-state index in [2.05, 4.69) is 38.8 Å². The predicted octanol–water partition coefficient (Wildman–Crippen LogP) is 2.16. The summed E-state index contributed by atoms with van der Waals surface area (Å²) >= 11 is 0. The molecule has 7 nitrogen and oxygen atoms in total. The molecule has 0 bridgehead atoms. The van der Waals surface area contributed by atoms with E-state index in [0.717, 1.165) is 69.2 Å². The van der Waals surface area contributed by atoms with Crippen molar-refractivity contribution in [2.24, 2.45) is 0 Å². The number of fused-ring (bicyclic) bond motifs is 1. The highest BCUT2D eigenvalue weighted by molar-refractivity contribution is 5.44. The Morgan fingerprint density at radius 2 is 1.93 bits per heavy atom. The van der Waals surface area contributed by atoms with Gasteiger partial charge in [0.25, 0.3) is 5.56 Å². The van der Waals surface area contributed by atoms with Gasteiger partial charge in [-0.2, -0.15) is 0 Å². The summed E-state index contributed by atoms with van der Waals surface area (Å²) in [4.78, 5) is 24.1. The number of hydrogen-bond donors (Lipinski definition) is 1. The Kier molecular flexibility index (Phi) is 5.29. The molecule has 0 unspecified atom stereocenters. The molecule has 1 fully saturated rings. The summed E-state index contributed by atoms with van der Waals surface area (Å²) in [7, 11) is 0.